The summed E-state index contributed by atoms with van der Waals surface area (Å²) in [6.45, 7) is 2.06. The normalized spacial score (nSPS) is 18.8. The van der Waals surface area contributed by atoms with Gasteiger partial charge in [-0.2, -0.15) is 10.1 Å². The van der Waals surface area contributed by atoms with Gasteiger partial charge in [-0.3, -0.25) is 0 Å². The zero-order valence-electron chi connectivity index (χ0n) is 17.1. The Morgan fingerprint density at radius 3 is 2.53 bits per heavy atom. The summed E-state index contributed by atoms with van der Waals surface area (Å²) >= 11 is 6.35. The summed E-state index contributed by atoms with van der Waals surface area (Å²) in [4.78, 5) is 4.43. The first-order chi connectivity index (χ1) is 15.6. The van der Waals surface area contributed by atoms with Gasteiger partial charge in [-0.05, 0) is 48.4 Å². The van der Waals surface area contributed by atoms with Crippen molar-refractivity contribution in [3.05, 3.63) is 112 Å². The molecule has 3 heterocycles. The Bertz CT molecular complexity index is 1360. The van der Waals surface area contributed by atoms with E-state index in [0.717, 1.165) is 28.0 Å². The highest BCUT2D eigenvalue weighted by Gasteiger charge is 2.41. The van der Waals surface area contributed by atoms with Crippen LogP contribution in [-0.4, -0.2) is 14.8 Å². The fourth-order valence-corrected chi connectivity index (χ4v) is 4.60. The third-order valence-electron chi connectivity index (χ3n) is 5.94. The lowest BCUT2D eigenvalue weighted by Gasteiger charge is -2.39. The van der Waals surface area contributed by atoms with Crippen molar-refractivity contribution in [2.75, 3.05) is 5.32 Å². The van der Waals surface area contributed by atoms with Crippen molar-refractivity contribution >= 4 is 23.2 Å². The molecule has 0 saturated heterocycles. The van der Waals surface area contributed by atoms with Gasteiger partial charge in [0, 0.05) is 16.2 Å². The van der Waals surface area contributed by atoms with Crippen LogP contribution in [0.15, 0.2) is 78.6 Å². The maximum absolute atomic E-state index is 13.7. The number of aryl methyl sites for hydroxylation is 1. The average molecular weight is 445 g/mol. The quantitative estimate of drug-likeness (QED) is 0.415. The number of benzene rings is 3. The molecule has 32 heavy (non-hydrogen) atoms. The van der Waals surface area contributed by atoms with Crippen LogP contribution < -0.4 is 10.1 Å². The van der Waals surface area contributed by atoms with Gasteiger partial charge >= 0.3 is 0 Å². The number of aromatic nitrogens is 3. The van der Waals surface area contributed by atoms with Crippen LogP contribution in [0.25, 0.3) is 5.70 Å². The van der Waals surface area contributed by atoms with E-state index in [9.17, 15) is 4.39 Å². The molecule has 158 valence electrons. The summed E-state index contributed by atoms with van der Waals surface area (Å²) in [6.07, 6.45) is 1.09. The fraction of sp³-hybridized carbons (Fsp3) is 0.120. The Kier molecular flexibility index (Phi) is 4.30. The van der Waals surface area contributed by atoms with Crippen molar-refractivity contribution in [1.29, 1.82) is 0 Å². The molecule has 2 aliphatic rings. The lowest BCUT2D eigenvalue weighted by Crippen LogP contribution is -2.32. The minimum atomic E-state index is -0.449. The van der Waals surface area contributed by atoms with E-state index in [1.807, 2.05) is 16.8 Å². The maximum atomic E-state index is 13.7. The minimum Gasteiger partial charge on any atom is -0.480 e. The number of anilines is 1. The van der Waals surface area contributed by atoms with Crippen LogP contribution in [0, 0.1) is 12.7 Å². The van der Waals surface area contributed by atoms with Crippen LogP contribution in [0.3, 0.4) is 0 Å². The van der Waals surface area contributed by atoms with Crippen molar-refractivity contribution in [3.8, 4) is 5.75 Å². The van der Waals surface area contributed by atoms with Crippen molar-refractivity contribution in [2.45, 2.75) is 19.1 Å². The Hall–Kier alpha value is -3.64. The number of ether oxygens (including phenoxy) is 1. The third-order valence-corrected chi connectivity index (χ3v) is 6.18. The topological polar surface area (TPSA) is 52.0 Å². The van der Waals surface area contributed by atoms with Gasteiger partial charge < -0.3 is 10.1 Å². The predicted molar refractivity (Wildman–Crippen MR) is 121 cm³/mol. The SMILES string of the molecule is Cc1ccc([C@H]2C3=C(Nc4ncnn42)c2cc(Cl)ccc2O[C@@H]3c2ccc(F)cc2)cc1. The lowest BCUT2D eigenvalue weighted by molar-refractivity contribution is 0.223. The number of hydrogen-bond donors (Lipinski definition) is 1. The van der Waals surface area contributed by atoms with E-state index in [-0.39, 0.29) is 11.9 Å². The van der Waals surface area contributed by atoms with Crippen molar-refractivity contribution in [2.24, 2.45) is 0 Å². The van der Waals surface area contributed by atoms with Crippen LogP contribution >= 0.6 is 11.6 Å². The number of halogens is 2. The maximum Gasteiger partial charge on any atom is 0.226 e. The molecule has 3 aromatic carbocycles. The Morgan fingerprint density at radius 1 is 1.00 bits per heavy atom. The van der Waals surface area contributed by atoms with E-state index >= 15 is 0 Å². The summed E-state index contributed by atoms with van der Waals surface area (Å²) in [7, 11) is 0. The number of rotatable bonds is 2. The van der Waals surface area contributed by atoms with Crippen LogP contribution in [0.5, 0.6) is 5.75 Å². The van der Waals surface area contributed by atoms with Crippen molar-refractivity contribution in [3.63, 3.8) is 0 Å². The number of fused-ring (bicyclic) bond motifs is 3. The largest absolute Gasteiger partial charge is 0.480 e. The van der Waals surface area contributed by atoms with Crippen LogP contribution in [0.4, 0.5) is 10.3 Å². The molecule has 1 N–H and O–H groups in total. The molecule has 1 aromatic heterocycles. The molecule has 2 aliphatic heterocycles. The molecule has 0 radical (unpaired) electrons. The molecule has 5 nitrogen and oxygen atoms in total. The van der Waals surface area contributed by atoms with E-state index in [2.05, 4.69) is 46.6 Å². The third kappa shape index (κ3) is 2.99. The van der Waals surface area contributed by atoms with E-state index < -0.39 is 6.10 Å². The Labute approximate surface area is 189 Å². The van der Waals surface area contributed by atoms with Gasteiger partial charge in [0.25, 0.3) is 0 Å². The average Bonchev–Trinajstić information content (AvgIpc) is 3.27. The van der Waals surface area contributed by atoms with Crippen LogP contribution in [0.1, 0.15) is 34.4 Å². The highest BCUT2D eigenvalue weighted by atomic mass is 35.5. The second-order valence-corrected chi connectivity index (χ2v) is 8.42. The molecule has 4 aromatic rings. The number of hydrogen-bond acceptors (Lipinski definition) is 4. The van der Waals surface area contributed by atoms with E-state index in [1.165, 1.54) is 24.0 Å². The zero-order chi connectivity index (χ0) is 21.8. The highest BCUT2D eigenvalue weighted by Crippen LogP contribution is 2.51. The van der Waals surface area contributed by atoms with E-state index in [1.54, 1.807) is 18.2 Å². The monoisotopic (exact) mass is 444 g/mol. The second kappa shape index (κ2) is 7.21. The summed E-state index contributed by atoms with van der Waals surface area (Å²) in [5.41, 5.74) is 5.78. The second-order valence-electron chi connectivity index (χ2n) is 7.99. The van der Waals surface area contributed by atoms with E-state index in [4.69, 9.17) is 16.3 Å². The summed E-state index contributed by atoms with van der Waals surface area (Å²) < 4.78 is 22.1. The van der Waals surface area contributed by atoms with Gasteiger partial charge in [0.1, 0.15) is 30.0 Å². The molecule has 0 fully saturated rings. The molecule has 0 spiro atoms. The van der Waals surface area contributed by atoms with Crippen LogP contribution in [0.2, 0.25) is 5.02 Å². The molecular formula is C25H18ClFN4O. The first-order valence-electron chi connectivity index (χ1n) is 10.3. The van der Waals surface area contributed by atoms with Crippen molar-refractivity contribution in [1.82, 2.24) is 14.8 Å². The van der Waals surface area contributed by atoms with Gasteiger partial charge in [-0.1, -0.05) is 53.6 Å². The Balaban J connectivity index is 1.63. The molecular weight excluding hydrogens is 427 g/mol. The van der Waals surface area contributed by atoms with Crippen molar-refractivity contribution < 1.29 is 9.13 Å². The van der Waals surface area contributed by atoms with Gasteiger partial charge in [-0.25, -0.2) is 9.07 Å². The molecule has 0 amide bonds. The van der Waals surface area contributed by atoms with E-state index in [0.29, 0.717) is 16.7 Å². The zero-order valence-corrected chi connectivity index (χ0v) is 17.8. The molecule has 7 heteroatoms. The fourth-order valence-electron chi connectivity index (χ4n) is 4.42. The van der Waals surface area contributed by atoms with Gasteiger partial charge in [0.2, 0.25) is 5.95 Å². The predicted octanol–water partition coefficient (Wildman–Crippen LogP) is 5.94. The summed E-state index contributed by atoms with van der Waals surface area (Å²) in [5.74, 6) is 1.05. The molecule has 0 aliphatic carbocycles. The Morgan fingerprint density at radius 2 is 1.75 bits per heavy atom. The lowest BCUT2D eigenvalue weighted by atomic mass is 9.84. The first-order valence-corrected chi connectivity index (χ1v) is 10.7. The first kappa shape index (κ1) is 19.1. The van der Waals surface area contributed by atoms with Crippen LogP contribution in [-0.2, 0) is 0 Å². The van der Waals surface area contributed by atoms with Gasteiger partial charge in [0.15, 0.2) is 0 Å². The summed E-state index contributed by atoms with van der Waals surface area (Å²) in [5, 5.41) is 8.56. The molecule has 0 saturated carbocycles. The molecule has 6 rings (SSSR count). The standard InChI is InChI=1S/C25H18ClFN4O/c1-14-2-4-15(5-3-14)23-21-22(30-25-28-13-29-31(23)25)19-12-17(26)8-11-20(19)32-24(21)16-6-9-18(27)10-7-16/h2-13,23-24H,1H3,(H,28,29,30)/t23-,24+/m0/s1. The number of nitrogens with zero attached hydrogens (tertiary/aromatic N) is 3. The smallest absolute Gasteiger partial charge is 0.226 e. The molecule has 2 atom stereocenters. The van der Waals surface area contributed by atoms with Gasteiger partial charge in [-0.15, -0.1) is 0 Å². The highest BCUT2D eigenvalue weighted by molar-refractivity contribution is 6.30. The number of nitrogens with one attached hydrogen (secondary N) is 1. The molecule has 0 unspecified atom stereocenters. The molecule has 0 bridgehead atoms. The summed E-state index contributed by atoms with van der Waals surface area (Å²) in [6, 6.07) is 20.1. The minimum absolute atomic E-state index is 0.258. The van der Waals surface area contributed by atoms with Gasteiger partial charge in [0.05, 0.1) is 5.70 Å².